The number of fused-ring (bicyclic) bond motifs is 1. The van der Waals surface area contributed by atoms with Crippen molar-refractivity contribution in [3.05, 3.63) is 70.1 Å². The number of oxazole rings is 1. The fourth-order valence-electron chi connectivity index (χ4n) is 2.99. The van der Waals surface area contributed by atoms with E-state index in [2.05, 4.69) is 15.3 Å². The lowest BCUT2D eigenvalue weighted by molar-refractivity contribution is 0.108. The minimum absolute atomic E-state index is 0.182. The van der Waals surface area contributed by atoms with Gasteiger partial charge in [-0.05, 0) is 48.2 Å². The normalized spacial score (nSPS) is 10.7. The molecule has 0 unspecified atom stereocenters. The second-order valence-electron chi connectivity index (χ2n) is 6.34. The maximum absolute atomic E-state index is 12.9. The Kier molecular flexibility index (Phi) is 7.26. The van der Waals surface area contributed by atoms with Crippen molar-refractivity contribution in [2.24, 2.45) is 0 Å². The average molecular weight is 437 g/mol. The highest BCUT2D eigenvalue weighted by atomic mass is 32.1. The molecule has 30 heavy (non-hydrogen) atoms. The number of aryl methyl sites for hydroxylation is 1. The summed E-state index contributed by atoms with van der Waals surface area (Å²) >= 11 is 1.44. The number of halogens is 3. The van der Waals surface area contributed by atoms with Crippen LogP contribution in [0.2, 0.25) is 0 Å². The van der Waals surface area contributed by atoms with E-state index in [4.69, 9.17) is 13.6 Å². The van der Waals surface area contributed by atoms with Crippen molar-refractivity contribution in [1.82, 2.24) is 9.97 Å². The van der Waals surface area contributed by atoms with E-state index in [1.165, 1.54) is 23.5 Å². The molecule has 0 spiro atoms. The Morgan fingerprint density at radius 3 is 2.67 bits per heavy atom. The Morgan fingerprint density at radius 2 is 1.93 bits per heavy atom. The quantitative estimate of drug-likeness (QED) is 0.363. The lowest BCUT2D eigenvalue weighted by Crippen LogP contribution is -2.02. The minimum Gasteiger partial charge on any atom is -0.408 e. The number of nitrogens with one attached hydrogen (secondary N) is 2. The molecule has 0 amide bonds. The number of H-pyrrole nitrogens is 1. The van der Waals surface area contributed by atoms with Crippen LogP contribution in [0, 0.1) is 5.82 Å². The molecule has 0 aliphatic heterocycles. The van der Waals surface area contributed by atoms with E-state index in [1.807, 2.05) is 6.07 Å². The molecule has 2 aromatic heterocycles. The third-order valence-electron chi connectivity index (χ3n) is 4.36. The van der Waals surface area contributed by atoms with Crippen LogP contribution in [0.25, 0.3) is 21.5 Å². The number of aliphatic hydroxyl groups excluding tert-OH is 1. The highest BCUT2D eigenvalue weighted by Crippen LogP contribution is 2.34. The van der Waals surface area contributed by atoms with Gasteiger partial charge in [0.2, 0.25) is 0 Å². The molecule has 10 heteroatoms. The predicted octanol–water partition coefficient (Wildman–Crippen LogP) is 4.76. The lowest BCUT2D eigenvalue weighted by atomic mass is 10.1. The summed E-state index contributed by atoms with van der Waals surface area (Å²) in [5, 5.41) is 13.7. The first kappa shape index (κ1) is 21.6. The Hall–Kier alpha value is -3.11. The number of nitrogens with zero attached hydrogens (tertiary/aromatic N) is 1. The number of aliphatic hydroxyl groups is 1. The van der Waals surface area contributed by atoms with Gasteiger partial charge in [0.15, 0.2) is 10.7 Å². The van der Waals surface area contributed by atoms with E-state index < -0.39 is 5.76 Å². The molecule has 0 bridgehead atoms. The number of aromatic nitrogens is 2. The fraction of sp³-hybridized carbons (Fsp3) is 0.200. The van der Waals surface area contributed by atoms with Gasteiger partial charge in [0.05, 0.1) is 22.7 Å². The van der Waals surface area contributed by atoms with Gasteiger partial charge in [-0.15, -0.1) is 0 Å². The van der Waals surface area contributed by atoms with Gasteiger partial charge < -0.3 is 14.8 Å². The van der Waals surface area contributed by atoms with Crippen LogP contribution >= 0.6 is 11.3 Å². The average Bonchev–Trinajstić information content (AvgIpc) is 3.35. The van der Waals surface area contributed by atoms with Crippen molar-refractivity contribution in [3.63, 3.8) is 0 Å². The molecule has 2 aromatic carbocycles. The number of benzene rings is 2. The van der Waals surface area contributed by atoms with Gasteiger partial charge in [-0.25, -0.2) is 14.2 Å². The van der Waals surface area contributed by atoms with Crippen molar-refractivity contribution in [1.29, 1.82) is 0 Å². The zero-order chi connectivity index (χ0) is 21.5. The molecule has 0 aliphatic carbocycles. The van der Waals surface area contributed by atoms with E-state index in [0.717, 1.165) is 28.8 Å². The van der Waals surface area contributed by atoms with Crippen molar-refractivity contribution < 1.29 is 23.1 Å². The molecule has 4 rings (SSSR count). The Balaban J connectivity index is 0.00000124. The summed E-state index contributed by atoms with van der Waals surface area (Å²) in [5.74, 6) is -0.729. The zero-order valence-corrected chi connectivity index (χ0v) is 16.4. The molecular formula is C20H18F3N3O3S. The van der Waals surface area contributed by atoms with Gasteiger partial charge in [0, 0.05) is 15.7 Å². The molecule has 4 aromatic rings. The molecule has 158 valence electrons. The summed E-state index contributed by atoms with van der Waals surface area (Å²) < 4.78 is 34.0. The molecule has 0 saturated carbocycles. The molecule has 0 atom stereocenters. The van der Waals surface area contributed by atoms with Gasteiger partial charge in [-0.2, -0.15) is 0 Å². The second kappa shape index (κ2) is 10.1. The van der Waals surface area contributed by atoms with Crippen molar-refractivity contribution in [2.75, 3.05) is 11.9 Å². The third kappa shape index (κ3) is 5.08. The third-order valence-corrected chi connectivity index (χ3v) is 5.47. The van der Waals surface area contributed by atoms with Crippen LogP contribution in [0.1, 0.15) is 17.7 Å². The van der Waals surface area contributed by atoms with Gasteiger partial charge >= 0.3 is 5.76 Å². The SMILES string of the molecule is FF.O=c1[nH]c2ccc(-c3sc(NCCCc4ccc(F)cc4)nc3CO)cc2o1. The minimum atomic E-state index is -0.498. The van der Waals surface area contributed by atoms with E-state index in [-0.39, 0.29) is 12.4 Å². The van der Waals surface area contributed by atoms with E-state index >= 15 is 0 Å². The van der Waals surface area contributed by atoms with Gasteiger partial charge in [0.25, 0.3) is 0 Å². The Labute approximate surface area is 172 Å². The van der Waals surface area contributed by atoms with Crippen LogP contribution in [0.4, 0.5) is 18.7 Å². The van der Waals surface area contributed by atoms with Crippen LogP contribution in [0.5, 0.6) is 0 Å². The topological polar surface area (TPSA) is 91.2 Å². The van der Waals surface area contributed by atoms with Gasteiger partial charge in [-0.1, -0.05) is 29.5 Å². The highest BCUT2D eigenvalue weighted by Gasteiger charge is 2.14. The lowest BCUT2D eigenvalue weighted by Gasteiger charge is -2.03. The first-order valence-electron chi connectivity index (χ1n) is 8.99. The molecule has 0 saturated heterocycles. The van der Waals surface area contributed by atoms with Crippen LogP contribution in [0.3, 0.4) is 0 Å². The number of thiazole rings is 1. The Bertz CT molecular complexity index is 1160. The number of rotatable bonds is 7. The smallest absolute Gasteiger partial charge is 0.408 e. The first-order chi connectivity index (χ1) is 14.6. The highest BCUT2D eigenvalue weighted by molar-refractivity contribution is 7.19. The number of hydrogen-bond donors (Lipinski definition) is 3. The summed E-state index contributed by atoms with van der Waals surface area (Å²) in [6.45, 7) is 0.527. The monoisotopic (exact) mass is 437 g/mol. The molecule has 2 heterocycles. The molecule has 6 nitrogen and oxygen atoms in total. The van der Waals surface area contributed by atoms with Crippen molar-refractivity contribution in [3.8, 4) is 10.4 Å². The van der Waals surface area contributed by atoms with Crippen LogP contribution in [-0.4, -0.2) is 21.6 Å². The Morgan fingerprint density at radius 1 is 1.17 bits per heavy atom. The summed E-state index contributed by atoms with van der Waals surface area (Å²) in [7, 11) is 0. The van der Waals surface area contributed by atoms with Crippen molar-refractivity contribution in [2.45, 2.75) is 19.4 Å². The molecule has 0 fully saturated rings. The van der Waals surface area contributed by atoms with E-state index in [1.54, 1.807) is 24.3 Å². The predicted molar refractivity (Wildman–Crippen MR) is 109 cm³/mol. The summed E-state index contributed by atoms with van der Waals surface area (Å²) in [6, 6.07) is 11.9. The summed E-state index contributed by atoms with van der Waals surface area (Å²) in [5.41, 5.74) is 3.58. The van der Waals surface area contributed by atoms with Crippen molar-refractivity contribution >= 4 is 27.6 Å². The standard InChI is InChI=1S/C20H18FN3O3S.F2/c21-14-6-3-12(4-7-14)2-1-9-22-19-23-16(11-25)18(28-19)13-5-8-15-17(10-13)27-20(26)24-15;1-2/h3-8,10,25H,1-2,9,11H2,(H,22,23)(H,24,26);. The number of anilines is 1. The van der Waals surface area contributed by atoms with Gasteiger partial charge in [-0.3, -0.25) is 4.98 Å². The summed E-state index contributed by atoms with van der Waals surface area (Å²) in [4.78, 5) is 19.2. The van der Waals surface area contributed by atoms with Crippen LogP contribution in [-0.2, 0) is 13.0 Å². The zero-order valence-electron chi connectivity index (χ0n) is 15.6. The molecule has 0 aliphatic rings. The number of aromatic amines is 1. The largest absolute Gasteiger partial charge is 0.417 e. The maximum atomic E-state index is 12.9. The fourth-order valence-corrected chi connectivity index (χ4v) is 3.98. The first-order valence-corrected chi connectivity index (χ1v) is 9.80. The van der Waals surface area contributed by atoms with Gasteiger partial charge in [0.1, 0.15) is 5.82 Å². The second-order valence-corrected chi connectivity index (χ2v) is 7.33. The van der Waals surface area contributed by atoms with Crippen LogP contribution in [0.15, 0.2) is 51.7 Å². The summed E-state index contributed by atoms with van der Waals surface area (Å²) in [6.07, 6.45) is 1.71. The number of hydrogen-bond acceptors (Lipinski definition) is 6. The molecular weight excluding hydrogens is 419 g/mol. The maximum Gasteiger partial charge on any atom is 0.417 e. The molecule has 3 N–H and O–H groups in total. The van der Waals surface area contributed by atoms with Crippen LogP contribution < -0.4 is 11.1 Å². The molecule has 0 radical (unpaired) electrons. The van der Waals surface area contributed by atoms with E-state index in [0.29, 0.717) is 28.5 Å². The van der Waals surface area contributed by atoms with E-state index in [9.17, 15) is 14.3 Å².